The monoisotopic (exact) mass is 398 g/mol. The predicted octanol–water partition coefficient (Wildman–Crippen LogP) is 3.46. The van der Waals surface area contributed by atoms with Crippen LogP contribution in [0.1, 0.15) is 0 Å². The Morgan fingerprint density at radius 1 is 1.04 bits per heavy atom. The van der Waals surface area contributed by atoms with Crippen molar-refractivity contribution in [1.29, 1.82) is 0 Å². The van der Waals surface area contributed by atoms with Crippen LogP contribution in [0.15, 0.2) is 42.5 Å². The van der Waals surface area contributed by atoms with Gasteiger partial charge in [0.05, 0.1) is 20.7 Å². The first-order valence-corrected chi connectivity index (χ1v) is 7.89. The Hall–Kier alpha value is -2.84. The molecule has 136 valence electrons. The van der Waals surface area contributed by atoms with Crippen molar-refractivity contribution in [3.8, 4) is 5.75 Å². The van der Waals surface area contributed by atoms with Gasteiger partial charge in [-0.15, -0.1) is 0 Å². The fourth-order valence-corrected chi connectivity index (χ4v) is 2.34. The van der Waals surface area contributed by atoms with Gasteiger partial charge in [0.1, 0.15) is 0 Å². The summed E-state index contributed by atoms with van der Waals surface area (Å²) < 4.78 is 9.80. The second-order valence-electron chi connectivity index (χ2n) is 4.82. The van der Waals surface area contributed by atoms with E-state index in [0.717, 1.165) is 0 Å². The van der Waals surface area contributed by atoms with Gasteiger partial charge in [0.25, 0.3) is 5.91 Å². The minimum atomic E-state index is -0.872. The van der Waals surface area contributed by atoms with Gasteiger partial charge in [0.2, 0.25) is 0 Å². The maximum absolute atomic E-state index is 11.8. The smallest absolute Gasteiger partial charge is 0.344 e. The molecule has 2 aromatic rings. The van der Waals surface area contributed by atoms with Gasteiger partial charge in [-0.25, -0.2) is 4.79 Å². The van der Waals surface area contributed by atoms with Crippen LogP contribution in [0.2, 0.25) is 10.0 Å². The lowest BCUT2D eigenvalue weighted by Gasteiger charge is -2.10. The number of para-hydroxylation sites is 3. The first-order chi connectivity index (χ1) is 12.4. The van der Waals surface area contributed by atoms with Gasteiger partial charge in [0, 0.05) is 6.07 Å². The third-order valence-corrected chi connectivity index (χ3v) is 3.63. The number of carbonyl (C=O) groups excluding carboxylic acids is 2. The quantitative estimate of drug-likeness (QED) is 0.434. The number of esters is 1. The zero-order valence-electron chi connectivity index (χ0n) is 13.1. The number of nitro benzene ring substituents is 1. The molecule has 1 amide bonds. The first kappa shape index (κ1) is 19.5. The Labute approximate surface area is 157 Å². The van der Waals surface area contributed by atoms with Crippen molar-refractivity contribution in [2.45, 2.75) is 0 Å². The van der Waals surface area contributed by atoms with Crippen LogP contribution in [0.5, 0.6) is 5.75 Å². The molecular weight excluding hydrogens is 387 g/mol. The number of benzene rings is 2. The first-order valence-electron chi connectivity index (χ1n) is 7.14. The lowest BCUT2D eigenvalue weighted by atomic mass is 10.3. The third-order valence-electron chi connectivity index (χ3n) is 3.00. The molecule has 2 rings (SSSR count). The lowest BCUT2D eigenvalue weighted by Crippen LogP contribution is -2.24. The van der Waals surface area contributed by atoms with Crippen molar-refractivity contribution >= 4 is 46.5 Å². The van der Waals surface area contributed by atoms with Crippen LogP contribution in [-0.2, 0) is 14.3 Å². The molecule has 8 nitrogen and oxygen atoms in total. The van der Waals surface area contributed by atoms with E-state index in [1.807, 2.05) is 0 Å². The van der Waals surface area contributed by atoms with Crippen LogP contribution < -0.4 is 10.1 Å². The standard InChI is InChI=1S/C16H12Cl2N2O6/c17-10-4-3-5-11(18)16(10)19-14(21)8-26-15(22)9-25-13-7-2-1-6-12(13)20(23)24/h1-7H,8-9H2,(H,19,21). The highest BCUT2D eigenvalue weighted by Gasteiger charge is 2.16. The largest absolute Gasteiger partial charge is 0.475 e. The van der Waals surface area contributed by atoms with E-state index in [2.05, 4.69) is 5.32 Å². The van der Waals surface area contributed by atoms with Gasteiger partial charge in [-0.05, 0) is 18.2 Å². The molecule has 0 heterocycles. The fraction of sp³-hybridized carbons (Fsp3) is 0.125. The number of halogens is 2. The predicted molar refractivity (Wildman–Crippen MR) is 94.6 cm³/mol. The second kappa shape index (κ2) is 9.02. The van der Waals surface area contributed by atoms with Gasteiger partial charge in [-0.3, -0.25) is 14.9 Å². The highest BCUT2D eigenvalue weighted by Crippen LogP contribution is 2.29. The molecule has 10 heteroatoms. The Kier molecular flexibility index (Phi) is 6.76. The number of carbonyl (C=O) groups is 2. The van der Waals surface area contributed by atoms with Crippen LogP contribution in [0.4, 0.5) is 11.4 Å². The Balaban J connectivity index is 1.84. The van der Waals surface area contributed by atoms with Gasteiger partial charge in [0.15, 0.2) is 19.0 Å². The van der Waals surface area contributed by atoms with Crippen LogP contribution in [0, 0.1) is 10.1 Å². The van der Waals surface area contributed by atoms with Gasteiger partial charge in [-0.1, -0.05) is 41.4 Å². The molecule has 0 fully saturated rings. The van der Waals surface area contributed by atoms with E-state index in [1.54, 1.807) is 6.07 Å². The average Bonchev–Trinajstić information content (AvgIpc) is 2.61. The lowest BCUT2D eigenvalue weighted by molar-refractivity contribution is -0.385. The number of rotatable bonds is 7. The van der Waals surface area contributed by atoms with Crippen molar-refractivity contribution in [1.82, 2.24) is 0 Å². The van der Waals surface area contributed by atoms with Crippen molar-refractivity contribution in [3.63, 3.8) is 0 Å². The zero-order chi connectivity index (χ0) is 19.1. The summed E-state index contributed by atoms with van der Waals surface area (Å²) in [5, 5.41) is 13.7. The number of nitro groups is 1. The minimum absolute atomic E-state index is 0.0817. The van der Waals surface area contributed by atoms with Crippen molar-refractivity contribution in [2.75, 3.05) is 18.5 Å². The summed E-state index contributed by atoms with van der Waals surface area (Å²) in [5.41, 5.74) is -0.0838. The average molecular weight is 399 g/mol. The molecule has 26 heavy (non-hydrogen) atoms. The molecule has 0 saturated carbocycles. The van der Waals surface area contributed by atoms with Crippen LogP contribution in [-0.4, -0.2) is 30.0 Å². The maximum atomic E-state index is 11.8. The van der Waals surface area contributed by atoms with E-state index >= 15 is 0 Å². The number of nitrogens with one attached hydrogen (secondary N) is 1. The minimum Gasteiger partial charge on any atom is -0.475 e. The number of hydrogen-bond donors (Lipinski definition) is 1. The molecule has 0 aliphatic carbocycles. The third kappa shape index (κ3) is 5.33. The SMILES string of the molecule is O=C(COC(=O)COc1ccccc1[N+](=O)[O-])Nc1c(Cl)cccc1Cl. The summed E-state index contributed by atoms with van der Waals surface area (Å²) in [6.45, 7) is -1.19. The molecular formula is C16H12Cl2N2O6. The van der Waals surface area contributed by atoms with Crippen LogP contribution in [0.25, 0.3) is 0 Å². The number of anilines is 1. The second-order valence-corrected chi connectivity index (χ2v) is 5.63. The number of ether oxygens (including phenoxy) is 2. The maximum Gasteiger partial charge on any atom is 0.344 e. The van der Waals surface area contributed by atoms with E-state index < -0.39 is 30.0 Å². The molecule has 0 aromatic heterocycles. The number of amides is 1. The highest BCUT2D eigenvalue weighted by molar-refractivity contribution is 6.39. The van der Waals surface area contributed by atoms with Gasteiger partial charge < -0.3 is 14.8 Å². The molecule has 2 aromatic carbocycles. The normalized spacial score (nSPS) is 10.1. The van der Waals surface area contributed by atoms with E-state index in [9.17, 15) is 19.7 Å². The van der Waals surface area contributed by atoms with Crippen molar-refractivity contribution in [2.24, 2.45) is 0 Å². The highest BCUT2D eigenvalue weighted by atomic mass is 35.5. The summed E-state index contributed by atoms with van der Waals surface area (Å²) in [6, 6.07) is 10.3. The zero-order valence-corrected chi connectivity index (χ0v) is 14.6. The molecule has 0 aliphatic rings. The summed E-state index contributed by atoms with van der Waals surface area (Å²) >= 11 is 11.8. The Morgan fingerprint density at radius 2 is 1.69 bits per heavy atom. The van der Waals surface area contributed by atoms with Gasteiger partial charge in [-0.2, -0.15) is 0 Å². The van der Waals surface area contributed by atoms with E-state index in [4.69, 9.17) is 32.7 Å². The summed E-state index contributed by atoms with van der Waals surface area (Å²) in [6.07, 6.45) is 0. The van der Waals surface area contributed by atoms with Gasteiger partial charge >= 0.3 is 11.7 Å². The summed E-state index contributed by atoms with van der Waals surface area (Å²) in [5.74, 6) is -1.61. The molecule has 0 unspecified atom stereocenters. The van der Waals surface area contributed by atoms with E-state index in [-0.39, 0.29) is 27.2 Å². The number of hydrogen-bond acceptors (Lipinski definition) is 6. The van der Waals surface area contributed by atoms with E-state index in [0.29, 0.717) is 0 Å². The molecule has 0 radical (unpaired) electrons. The molecule has 0 saturated heterocycles. The number of nitrogens with zero attached hydrogens (tertiary/aromatic N) is 1. The Morgan fingerprint density at radius 3 is 2.35 bits per heavy atom. The summed E-state index contributed by atoms with van der Waals surface area (Å²) in [7, 11) is 0. The van der Waals surface area contributed by atoms with Crippen molar-refractivity contribution < 1.29 is 24.0 Å². The van der Waals surface area contributed by atoms with Crippen LogP contribution >= 0.6 is 23.2 Å². The fourth-order valence-electron chi connectivity index (χ4n) is 1.85. The molecule has 1 N–H and O–H groups in total. The topological polar surface area (TPSA) is 108 Å². The van der Waals surface area contributed by atoms with Crippen LogP contribution in [0.3, 0.4) is 0 Å². The Bertz CT molecular complexity index is 823. The molecule has 0 bridgehead atoms. The molecule has 0 aliphatic heterocycles. The molecule has 0 atom stereocenters. The summed E-state index contributed by atoms with van der Waals surface area (Å²) in [4.78, 5) is 33.6. The molecule has 0 spiro atoms. The van der Waals surface area contributed by atoms with Crippen molar-refractivity contribution in [3.05, 3.63) is 62.6 Å². The van der Waals surface area contributed by atoms with E-state index in [1.165, 1.54) is 36.4 Å².